The van der Waals surface area contributed by atoms with E-state index in [2.05, 4.69) is 26.3 Å². The predicted octanol–water partition coefficient (Wildman–Crippen LogP) is 3.09. The first-order valence-electron chi connectivity index (χ1n) is 4.82. The highest BCUT2D eigenvalue weighted by Crippen LogP contribution is 2.20. The molecule has 1 amide bonds. The van der Waals surface area contributed by atoms with Crippen LogP contribution in [0.5, 0.6) is 0 Å². The van der Waals surface area contributed by atoms with E-state index < -0.39 is 0 Å². The van der Waals surface area contributed by atoms with Crippen LogP contribution in [0.4, 0.5) is 5.82 Å². The number of hydrogen-bond donors (Lipinski definition) is 1. The van der Waals surface area contributed by atoms with E-state index >= 15 is 0 Å². The topological polar surface area (TPSA) is 46.9 Å². The van der Waals surface area contributed by atoms with Gasteiger partial charge < -0.3 is 5.32 Å². The fourth-order valence-electron chi connectivity index (χ4n) is 1.37. The number of hydrogen-bond acceptors (Lipinski definition) is 2. The molecule has 2 rings (SSSR count). The predicted molar refractivity (Wildman–Crippen MR) is 70.3 cm³/mol. The number of anilines is 1. The maximum Gasteiger partial charge on any atom is 0.256 e. The highest BCUT2D eigenvalue weighted by molar-refractivity contribution is 9.10. The number of amides is 1. The molecule has 6 heteroatoms. The summed E-state index contributed by atoms with van der Waals surface area (Å²) in [5.41, 5.74) is 0.491. The molecule has 1 heterocycles. The van der Waals surface area contributed by atoms with Gasteiger partial charge in [-0.2, -0.15) is 5.10 Å². The van der Waals surface area contributed by atoms with E-state index in [9.17, 15) is 4.79 Å². The van der Waals surface area contributed by atoms with Crippen molar-refractivity contribution in [3.05, 3.63) is 45.5 Å². The molecule has 0 aliphatic carbocycles. The number of aromatic nitrogens is 2. The molecule has 0 saturated carbocycles. The average molecular weight is 315 g/mol. The normalized spacial score (nSPS) is 10.3. The number of nitrogens with one attached hydrogen (secondary N) is 1. The number of benzene rings is 1. The molecule has 17 heavy (non-hydrogen) atoms. The number of carbonyl (C=O) groups is 1. The van der Waals surface area contributed by atoms with Crippen molar-refractivity contribution in [3.63, 3.8) is 0 Å². The van der Waals surface area contributed by atoms with Gasteiger partial charge in [0.05, 0.1) is 6.20 Å². The van der Waals surface area contributed by atoms with Crippen LogP contribution in [-0.4, -0.2) is 15.7 Å². The Labute approximate surface area is 112 Å². The van der Waals surface area contributed by atoms with E-state index in [4.69, 9.17) is 11.6 Å². The summed E-state index contributed by atoms with van der Waals surface area (Å²) in [6.07, 6.45) is 1.61. The molecule has 2 aromatic rings. The first-order chi connectivity index (χ1) is 8.06. The Balaban J connectivity index is 2.23. The minimum atomic E-state index is -0.225. The standard InChI is InChI=1S/C11H9BrClN3O/c1-16-10(2-3-14-16)15-11(17)7-4-8(12)6-9(13)5-7/h2-6H,1H3,(H,15,17). The molecular weight excluding hydrogens is 305 g/mol. The summed E-state index contributed by atoms with van der Waals surface area (Å²) in [5, 5.41) is 7.22. The zero-order valence-electron chi connectivity index (χ0n) is 8.95. The zero-order valence-corrected chi connectivity index (χ0v) is 11.3. The van der Waals surface area contributed by atoms with Gasteiger partial charge in [0.25, 0.3) is 5.91 Å². The second-order valence-corrected chi connectivity index (χ2v) is 4.80. The third-order valence-corrected chi connectivity index (χ3v) is 2.86. The van der Waals surface area contributed by atoms with E-state index in [-0.39, 0.29) is 5.91 Å². The Kier molecular flexibility index (Phi) is 3.49. The van der Waals surface area contributed by atoms with Crippen LogP contribution in [0, 0.1) is 0 Å². The minimum Gasteiger partial charge on any atom is -0.307 e. The maximum atomic E-state index is 11.9. The lowest BCUT2D eigenvalue weighted by molar-refractivity contribution is 0.102. The van der Waals surface area contributed by atoms with Crippen LogP contribution in [0.25, 0.3) is 0 Å². The lowest BCUT2D eigenvalue weighted by Crippen LogP contribution is -2.14. The van der Waals surface area contributed by atoms with Crippen molar-refractivity contribution in [3.8, 4) is 0 Å². The smallest absolute Gasteiger partial charge is 0.256 e. The molecule has 0 fully saturated rings. The lowest BCUT2D eigenvalue weighted by atomic mass is 10.2. The van der Waals surface area contributed by atoms with Crippen LogP contribution in [-0.2, 0) is 7.05 Å². The zero-order chi connectivity index (χ0) is 12.4. The molecule has 0 aliphatic rings. The van der Waals surface area contributed by atoms with E-state index in [1.165, 1.54) is 0 Å². The fourth-order valence-corrected chi connectivity index (χ4v) is 2.23. The summed E-state index contributed by atoms with van der Waals surface area (Å²) >= 11 is 9.17. The highest BCUT2D eigenvalue weighted by Gasteiger charge is 2.09. The average Bonchev–Trinajstić information content (AvgIpc) is 2.63. The number of carbonyl (C=O) groups excluding carboxylic acids is 1. The van der Waals surface area contributed by atoms with Gasteiger partial charge in [-0.3, -0.25) is 9.48 Å². The summed E-state index contributed by atoms with van der Waals surface area (Å²) < 4.78 is 2.34. The third kappa shape index (κ3) is 2.87. The van der Waals surface area contributed by atoms with Crippen LogP contribution < -0.4 is 5.32 Å². The van der Waals surface area contributed by atoms with Gasteiger partial charge in [-0.25, -0.2) is 0 Å². The summed E-state index contributed by atoms with van der Waals surface area (Å²) in [6.45, 7) is 0. The van der Waals surface area contributed by atoms with Crippen LogP contribution in [0.3, 0.4) is 0 Å². The Hall–Kier alpha value is -1.33. The molecule has 0 radical (unpaired) electrons. The highest BCUT2D eigenvalue weighted by atomic mass is 79.9. The van der Waals surface area contributed by atoms with Crippen molar-refractivity contribution in [2.45, 2.75) is 0 Å². The Morgan fingerprint density at radius 1 is 1.47 bits per heavy atom. The van der Waals surface area contributed by atoms with E-state index in [1.54, 1.807) is 42.2 Å². The van der Waals surface area contributed by atoms with Gasteiger partial charge in [0.1, 0.15) is 5.82 Å². The first-order valence-corrected chi connectivity index (χ1v) is 5.99. The first kappa shape index (κ1) is 12.1. The van der Waals surface area contributed by atoms with Crippen LogP contribution in [0.15, 0.2) is 34.9 Å². The molecule has 0 bridgehead atoms. The molecule has 88 valence electrons. The van der Waals surface area contributed by atoms with Crippen LogP contribution in [0.2, 0.25) is 5.02 Å². The molecule has 0 unspecified atom stereocenters. The van der Waals surface area contributed by atoms with E-state index in [0.717, 1.165) is 4.47 Å². The van der Waals surface area contributed by atoms with Gasteiger partial charge in [0.15, 0.2) is 0 Å². The molecule has 4 nitrogen and oxygen atoms in total. The van der Waals surface area contributed by atoms with Crippen molar-refractivity contribution in [1.82, 2.24) is 9.78 Å². The van der Waals surface area contributed by atoms with Crippen molar-refractivity contribution in [2.75, 3.05) is 5.32 Å². The van der Waals surface area contributed by atoms with E-state index in [0.29, 0.717) is 16.4 Å². The second-order valence-electron chi connectivity index (χ2n) is 3.45. The van der Waals surface area contributed by atoms with Gasteiger partial charge >= 0.3 is 0 Å². The third-order valence-electron chi connectivity index (χ3n) is 2.19. The van der Waals surface area contributed by atoms with Gasteiger partial charge in [0, 0.05) is 28.2 Å². The van der Waals surface area contributed by atoms with E-state index in [1.807, 2.05) is 0 Å². The van der Waals surface area contributed by atoms with Crippen molar-refractivity contribution >= 4 is 39.3 Å². The van der Waals surface area contributed by atoms with Crippen molar-refractivity contribution < 1.29 is 4.79 Å². The van der Waals surface area contributed by atoms with Crippen LogP contribution >= 0.6 is 27.5 Å². The Morgan fingerprint density at radius 3 is 2.82 bits per heavy atom. The second kappa shape index (κ2) is 4.89. The summed E-state index contributed by atoms with van der Waals surface area (Å²) in [5.74, 6) is 0.405. The summed E-state index contributed by atoms with van der Waals surface area (Å²) in [4.78, 5) is 11.9. The van der Waals surface area contributed by atoms with Gasteiger partial charge in [-0.1, -0.05) is 27.5 Å². The number of aryl methyl sites for hydroxylation is 1. The van der Waals surface area contributed by atoms with Gasteiger partial charge in [-0.05, 0) is 18.2 Å². The Bertz CT molecular complexity index is 547. The quantitative estimate of drug-likeness (QED) is 0.926. The van der Waals surface area contributed by atoms with Crippen LogP contribution in [0.1, 0.15) is 10.4 Å². The van der Waals surface area contributed by atoms with Crippen molar-refractivity contribution in [2.24, 2.45) is 7.05 Å². The minimum absolute atomic E-state index is 0.225. The number of halogens is 2. The van der Waals surface area contributed by atoms with Crippen molar-refractivity contribution in [1.29, 1.82) is 0 Å². The molecule has 1 aromatic heterocycles. The molecule has 0 atom stereocenters. The van der Waals surface area contributed by atoms with Gasteiger partial charge in [-0.15, -0.1) is 0 Å². The molecule has 0 saturated heterocycles. The molecular formula is C11H9BrClN3O. The number of nitrogens with zero attached hydrogens (tertiary/aromatic N) is 2. The molecule has 0 aliphatic heterocycles. The maximum absolute atomic E-state index is 11.9. The fraction of sp³-hybridized carbons (Fsp3) is 0.0909. The largest absolute Gasteiger partial charge is 0.307 e. The summed E-state index contributed by atoms with van der Waals surface area (Å²) in [7, 11) is 1.75. The number of rotatable bonds is 2. The van der Waals surface area contributed by atoms with Gasteiger partial charge in [0.2, 0.25) is 0 Å². The monoisotopic (exact) mass is 313 g/mol. The lowest BCUT2D eigenvalue weighted by Gasteiger charge is -2.06. The SMILES string of the molecule is Cn1nccc1NC(=O)c1cc(Cl)cc(Br)c1. The molecule has 1 aromatic carbocycles. The summed E-state index contributed by atoms with van der Waals surface area (Å²) in [6, 6.07) is 6.76. The Morgan fingerprint density at radius 2 is 2.24 bits per heavy atom. The molecule has 0 spiro atoms. The molecule has 1 N–H and O–H groups in total.